The van der Waals surface area contributed by atoms with Gasteiger partial charge >= 0.3 is 0 Å². The molecule has 1 aromatic carbocycles. The van der Waals surface area contributed by atoms with Crippen molar-refractivity contribution in [2.24, 2.45) is 0 Å². The van der Waals surface area contributed by atoms with E-state index in [0.29, 0.717) is 6.61 Å². The first-order chi connectivity index (χ1) is 9.26. The van der Waals surface area contributed by atoms with Crippen molar-refractivity contribution >= 4 is 0 Å². The highest BCUT2D eigenvalue weighted by atomic mass is 16.5. The van der Waals surface area contributed by atoms with Crippen molar-refractivity contribution in [3.8, 4) is 5.75 Å². The van der Waals surface area contributed by atoms with Crippen LogP contribution in [0.5, 0.6) is 5.75 Å². The van der Waals surface area contributed by atoms with Crippen molar-refractivity contribution in [3.05, 3.63) is 29.3 Å². The van der Waals surface area contributed by atoms with Gasteiger partial charge in [-0.25, -0.2) is 0 Å². The summed E-state index contributed by atoms with van der Waals surface area (Å²) in [5.41, 5.74) is 2.27. The number of hydrogen-bond acceptors (Lipinski definition) is 3. The van der Waals surface area contributed by atoms with E-state index in [1.807, 2.05) is 18.2 Å². The van der Waals surface area contributed by atoms with Crippen molar-refractivity contribution in [2.75, 3.05) is 26.2 Å². The number of hydrogen-bond donors (Lipinski definition) is 1. The SMILES string of the molecule is CCN(CC)CCOc1cccc2c1CCCC2O. The molecule has 1 N–H and O–H groups in total. The molecule has 1 aromatic rings. The van der Waals surface area contributed by atoms with Crippen LogP contribution in [0.3, 0.4) is 0 Å². The molecule has 0 bridgehead atoms. The van der Waals surface area contributed by atoms with Crippen molar-refractivity contribution in [1.29, 1.82) is 0 Å². The molecule has 0 aliphatic heterocycles. The summed E-state index contributed by atoms with van der Waals surface area (Å²) in [6.45, 7) is 8.14. The number of aliphatic hydroxyl groups is 1. The van der Waals surface area contributed by atoms with Crippen LogP contribution in [0.4, 0.5) is 0 Å². The van der Waals surface area contributed by atoms with E-state index in [4.69, 9.17) is 4.74 Å². The number of benzene rings is 1. The van der Waals surface area contributed by atoms with E-state index in [1.54, 1.807) is 0 Å². The highest BCUT2D eigenvalue weighted by molar-refractivity contribution is 5.42. The van der Waals surface area contributed by atoms with E-state index < -0.39 is 0 Å². The number of rotatable bonds is 6. The zero-order valence-corrected chi connectivity index (χ0v) is 12.1. The predicted molar refractivity (Wildman–Crippen MR) is 77.6 cm³/mol. The molecule has 0 heterocycles. The maximum absolute atomic E-state index is 10.0. The molecule has 0 radical (unpaired) electrons. The molecule has 106 valence electrons. The Hall–Kier alpha value is -1.06. The average Bonchev–Trinajstić information content (AvgIpc) is 2.44. The van der Waals surface area contributed by atoms with E-state index in [-0.39, 0.29) is 6.10 Å². The van der Waals surface area contributed by atoms with Crippen molar-refractivity contribution in [1.82, 2.24) is 4.90 Å². The average molecular weight is 263 g/mol. The summed E-state index contributed by atoms with van der Waals surface area (Å²) < 4.78 is 5.93. The lowest BCUT2D eigenvalue weighted by molar-refractivity contribution is 0.154. The molecule has 0 saturated carbocycles. The van der Waals surface area contributed by atoms with Crippen LogP contribution in [0.25, 0.3) is 0 Å². The van der Waals surface area contributed by atoms with Crippen LogP contribution < -0.4 is 4.74 Å². The molecule has 0 aromatic heterocycles. The molecule has 3 heteroatoms. The van der Waals surface area contributed by atoms with Crippen molar-refractivity contribution in [2.45, 2.75) is 39.2 Å². The molecule has 3 nitrogen and oxygen atoms in total. The first kappa shape index (κ1) is 14.4. The number of fused-ring (bicyclic) bond motifs is 1. The summed E-state index contributed by atoms with van der Waals surface area (Å²) in [7, 11) is 0. The Balaban J connectivity index is 1.99. The minimum Gasteiger partial charge on any atom is -0.492 e. The van der Waals surface area contributed by atoms with Gasteiger partial charge in [-0.2, -0.15) is 0 Å². The van der Waals surface area contributed by atoms with Gasteiger partial charge in [-0.05, 0) is 49.5 Å². The fourth-order valence-corrected chi connectivity index (χ4v) is 2.75. The maximum Gasteiger partial charge on any atom is 0.122 e. The van der Waals surface area contributed by atoms with Crippen molar-refractivity contribution < 1.29 is 9.84 Å². The van der Waals surface area contributed by atoms with Gasteiger partial charge in [0.05, 0.1) is 6.10 Å². The summed E-state index contributed by atoms with van der Waals surface area (Å²) in [6, 6.07) is 6.04. The Bertz CT molecular complexity index is 402. The zero-order chi connectivity index (χ0) is 13.7. The second-order valence-electron chi connectivity index (χ2n) is 5.11. The molecule has 2 rings (SSSR count). The molecule has 1 atom stereocenters. The van der Waals surface area contributed by atoms with Gasteiger partial charge in [0.25, 0.3) is 0 Å². The third kappa shape index (κ3) is 3.48. The van der Waals surface area contributed by atoms with E-state index in [2.05, 4.69) is 18.7 Å². The van der Waals surface area contributed by atoms with Gasteiger partial charge in [-0.1, -0.05) is 26.0 Å². The largest absolute Gasteiger partial charge is 0.492 e. The number of ether oxygens (including phenoxy) is 1. The maximum atomic E-state index is 10.0. The van der Waals surface area contributed by atoms with Gasteiger partial charge in [0.1, 0.15) is 12.4 Å². The highest BCUT2D eigenvalue weighted by Gasteiger charge is 2.20. The monoisotopic (exact) mass is 263 g/mol. The predicted octanol–water partition coefficient (Wildman–Crippen LogP) is 2.78. The van der Waals surface area contributed by atoms with Gasteiger partial charge < -0.3 is 14.7 Å². The van der Waals surface area contributed by atoms with Crippen LogP contribution >= 0.6 is 0 Å². The Kier molecular flexibility index (Phi) is 5.23. The second kappa shape index (κ2) is 6.92. The fraction of sp³-hybridized carbons (Fsp3) is 0.625. The molecular weight excluding hydrogens is 238 g/mol. The first-order valence-electron chi connectivity index (χ1n) is 7.41. The molecule has 1 aliphatic rings. The Labute approximate surface area is 116 Å². The molecule has 0 spiro atoms. The quantitative estimate of drug-likeness (QED) is 0.856. The molecule has 1 unspecified atom stereocenters. The van der Waals surface area contributed by atoms with Crippen molar-refractivity contribution in [3.63, 3.8) is 0 Å². The van der Waals surface area contributed by atoms with Crippen LogP contribution in [0.1, 0.15) is 43.9 Å². The van der Waals surface area contributed by atoms with Crippen LogP contribution in [0.2, 0.25) is 0 Å². The number of aliphatic hydroxyl groups excluding tert-OH is 1. The Morgan fingerprint density at radius 2 is 2.11 bits per heavy atom. The zero-order valence-electron chi connectivity index (χ0n) is 12.1. The standard InChI is InChI=1S/C16H25NO2/c1-3-17(4-2)11-12-19-16-10-6-7-13-14(16)8-5-9-15(13)18/h6-7,10,15,18H,3-5,8-9,11-12H2,1-2H3. The first-order valence-corrected chi connectivity index (χ1v) is 7.41. The Morgan fingerprint density at radius 1 is 1.32 bits per heavy atom. The third-order valence-electron chi connectivity index (χ3n) is 3.99. The molecule has 19 heavy (non-hydrogen) atoms. The van der Waals surface area contributed by atoms with E-state index in [1.165, 1.54) is 5.56 Å². The van der Waals surface area contributed by atoms with Gasteiger partial charge in [0.2, 0.25) is 0 Å². The minimum atomic E-state index is -0.310. The lowest BCUT2D eigenvalue weighted by atomic mass is 9.89. The third-order valence-corrected chi connectivity index (χ3v) is 3.99. The van der Waals surface area contributed by atoms with Crippen LogP contribution in [-0.4, -0.2) is 36.2 Å². The molecule has 1 aliphatic carbocycles. The molecule has 0 fully saturated rings. The van der Waals surface area contributed by atoms with Gasteiger partial charge in [0, 0.05) is 6.54 Å². The topological polar surface area (TPSA) is 32.7 Å². The van der Waals surface area contributed by atoms with E-state index in [0.717, 1.165) is 50.2 Å². The minimum absolute atomic E-state index is 0.310. The van der Waals surface area contributed by atoms with Crippen LogP contribution in [-0.2, 0) is 6.42 Å². The van der Waals surface area contributed by atoms with E-state index in [9.17, 15) is 5.11 Å². The number of likely N-dealkylation sites (N-methyl/N-ethyl adjacent to an activating group) is 1. The highest BCUT2D eigenvalue weighted by Crippen LogP contribution is 2.35. The lowest BCUT2D eigenvalue weighted by Gasteiger charge is -2.24. The Morgan fingerprint density at radius 3 is 2.84 bits per heavy atom. The number of nitrogens with zero attached hydrogens (tertiary/aromatic N) is 1. The lowest BCUT2D eigenvalue weighted by Crippen LogP contribution is -2.28. The van der Waals surface area contributed by atoms with Gasteiger partial charge in [-0.15, -0.1) is 0 Å². The summed E-state index contributed by atoms with van der Waals surface area (Å²) in [5.74, 6) is 0.961. The molecule has 0 amide bonds. The molecular formula is C16H25NO2. The molecule has 0 saturated heterocycles. The van der Waals surface area contributed by atoms with Crippen LogP contribution in [0, 0.1) is 0 Å². The van der Waals surface area contributed by atoms with Gasteiger partial charge in [-0.3, -0.25) is 0 Å². The smallest absolute Gasteiger partial charge is 0.122 e. The normalized spacial score (nSPS) is 18.4. The fourth-order valence-electron chi connectivity index (χ4n) is 2.75. The van der Waals surface area contributed by atoms with Gasteiger partial charge in [0.15, 0.2) is 0 Å². The second-order valence-corrected chi connectivity index (χ2v) is 5.11. The van der Waals surface area contributed by atoms with E-state index >= 15 is 0 Å². The summed E-state index contributed by atoms with van der Waals surface area (Å²) >= 11 is 0. The summed E-state index contributed by atoms with van der Waals surface area (Å²) in [6.07, 6.45) is 2.63. The summed E-state index contributed by atoms with van der Waals surface area (Å²) in [5, 5.41) is 10.0. The van der Waals surface area contributed by atoms with Crippen LogP contribution in [0.15, 0.2) is 18.2 Å². The summed E-state index contributed by atoms with van der Waals surface area (Å²) in [4.78, 5) is 2.35.